The average molecular weight is 278 g/mol. The SMILES string of the molecule is NC[C@H](CNC(=O)c1ccc(Cl)s1)OC(N)=O. The Morgan fingerprint density at radius 2 is 2.24 bits per heavy atom. The third kappa shape index (κ3) is 4.59. The summed E-state index contributed by atoms with van der Waals surface area (Å²) < 4.78 is 5.19. The first kappa shape index (κ1) is 13.8. The van der Waals surface area contributed by atoms with Crippen LogP contribution >= 0.6 is 22.9 Å². The molecule has 94 valence electrons. The first-order chi connectivity index (χ1) is 8.02. The molecule has 1 rings (SSSR count). The summed E-state index contributed by atoms with van der Waals surface area (Å²) in [5, 5.41) is 2.57. The zero-order chi connectivity index (χ0) is 12.8. The lowest BCUT2D eigenvalue weighted by Crippen LogP contribution is -2.40. The van der Waals surface area contributed by atoms with Crippen LogP contribution in [0, 0.1) is 0 Å². The van der Waals surface area contributed by atoms with E-state index in [0.717, 1.165) is 11.3 Å². The maximum atomic E-state index is 11.6. The Balaban J connectivity index is 2.44. The quantitative estimate of drug-likeness (QED) is 0.730. The first-order valence-electron chi connectivity index (χ1n) is 4.72. The fourth-order valence-corrected chi connectivity index (χ4v) is 2.03. The summed E-state index contributed by atoms with van der Waals surface area (Å²) >= 11 is 6.85. The number of carbonyl (C=O) groups is 2. The molecule has 1 aromatic rings. The molecule has 1 atom stereocenters. The van der Waals surface area contributed by atoms with Crippen molar-refractivity contribution in [2.24, 2.45) is 11.5 Å². The Bertz CT molecular complexity index is 410. The minimum atomic E-state index is -0.922. The number of ether oxygens (including phenoxy) is 1. The molecule has 0 aliphatic rings. The van der Waals surface area contributed by atoms with Gasteiger partial charge in [0, 0.05) is 6.54 Å². The van der Waals surface area contributed by atoms with Crippen molar-refractivity contribution in [2.75, 3.05) is 13.1 Å². The van der Waals surface area contributed by atoms with Crippen molar-refractivity contribution < 1.29 is 14.3 Å². The van der Waals surface area contributed by atoms with Crippen LogP contribution in [-0.2, 0) is 4.74 Å². The number of primary amides is 1. The van der Waals surface area contributed by atoms with Gasteiger partial charge in [-0.2, -0.15) is 0 Å². The molecule has 8 heteroatoms. The Kier molecular flexibility index (Phi) is 5.20. The largest absolute Gasteiger partial charge is 0.443 e. The van der Waals surface area contributed by atoms with Gasteiger partial charge in [0.2, 0.25) is 0 Å². The Morgan fingerprint density at radius 1 is 1.53 bits per heavy atom. The van der Waals surface area contributed by atoms with Gasteiger partial charge in [0.15, 0.2) is 0 Å². The lowest BCUT2D eigenvalue weighted by atomic mass is 10.3. The highest BCUT2D eigenvalue weighted by molar-refractivity contribution is 7.17. The van der Waals surface area contributed by atoms with E-state index in [1.54, 1.807) is 12.1 Å². The predicted octanol–water partition coefficient (Wildman–Crippen LogP) is 0.554. The number of carbonyl (C=O) groups excluding carboxylic acids is 2. The number of hydrogen-bond donors (Lipinski definition) is 3. The van der Waals surface area contributed by atoms with Crippen molar-refractivity contribution in [3.8, 4) is 0 Å². The summed E-state index contributed by atoms with van der Waals surface area (Å²) in [5.74, 6) is -0.298. The predicted molar refractivity (Wildman–Crippen MR) is 65.2 cm³/mol. The van der Waals surface area contributed by atoms with E-state index in [9.17, 15) is 9.59 Å². The molecule has 17 heavy (non-hydrogen) atoms. The van der Waals surface area contributed by atoms with Gasteiger partial charge in [-0.25, -0.2) is 4.79 Å². The fraction of sp³-hybridized carbons (Fsp3) is 0.333. The summed E-state index contributed by atoms with van der Waals surface area (Å²) in [4.78, 5) is 22.6. The lowest BCUT2D eigenvalue weighted by Gasteiger charge is -2.14. The zero-order valence-electron chi connectivity index (χ0n) is 8.81. The van der Waals surface area contributed by atoms with Crippen LogP contribution in [0.4, 0.5) is 4.79 Å². The van der Waals surface area contributed by atoms with Crippen LogP contribution in [-0.4, -0.2) is 31.2 Å². The smallest absolute Gasteiger partial charge is 0.404 e. The molecular weight excluding hydrogens is 266 g/mol. The molecule has 1 heterocycles. The molecule has 0 aliphatic carbocycles. The highest BCUT2D eigenvalue weighted by atomic mass is 35.5. The van der Waals surface area contributed by atoms with Gasteiger partial charge in [0.1, 0.15) is 6.10 Å². The van der Waals surface area contributed by atoms with Gasteiger partial charge in [-0.15, -0.1) is 11.3 Å². The number of halogens is 1. The van der Waals surface area contributed by atoms with Gasteiger partial charge in [0.25, 0.3) is 5.91 Å². The Labute approximate surface area is 107 Å². The Morgan fingerprint density at radius 3 is 2.71 bits per heavy atom. The van der Waals surface area contributed by atoms with Gasteiger partial charge in [-0.05, 0) is 12.1 Å². The van der Waals surface area contributed by atoms with Crippen LogP contribution in [0.3, 0.4) is 0 Å². The summed E-state index contributed by atoms with van der Waals surface area (Å²) in [6, 6.07) is 3.23. The van der Waals surface area contributed by atoms with Gasteiger partial charge in [-0.3, -0.25) is 4.79 Å². The summed E-state index contributed by atoms with van der Waals surface area (Å²) in [7, 11) is 0. The number of nitrogens with two attached hydrogens (primary N) is 2. The number of thiophene rings is 1. The van der Waals surface area contributed by atoms with Crippen LogP contribution in [0.5, 0.6) is 0 Å². The molecule has 6 nitrogen and oxygen atoms in total. The number of hydrogen-bond acceptors (Lipinski definition) is 5. The molecule has 0 spiro atoms. The summed E-state index contributed by atoms with van der Waals surface area (Å²) in [6.45, 7) is 0.183. The standard InChI is InChI=1S/C9H12ClN3O3S/c10-7-2-1-6(17-7)8(14)13-4-5(3-11)16-9(12)15/h1-2,5H,3-4,11H2,(H2,12,15)(H,13,14)/t5-/m1/s1. The monoisotopic (exact) mass is 277 g/mol. The van der Waals surface area contributed by atoms with E-state index in [-0.39, 0.29) is 19.0 Å². The van der Waals surface area contributed by atoms with Crippen molar-refractivity contribution in [2.45, 2.75) is 6.10 Å². The summed E-state index contributed by atoms with van der Waals surface area (Å²) in [5.41, 5.74) is 10.2. The second kappa shape index (κ2) is 6.43. The number of rotatable bonds is 5. The van der Waals surface area contributed by atoms with Crippen LogP contribution in [0.2, 0.25) is 4.34 Å². The molecule has 0 fully saturated rings. The second-order valence-corrected chi connectivity index (χ2v) is 4.82. The van der Waals surface area contributed by atoms with E-state index < -0.39 is 12.2 Å². The minimum absolute atomic E-state index is 0.0778. The molecule has 0 bridgehead atoms. The highest BCUT2D eigenvalue weighted by Crippen LogP contribution is 2.20. The van der Waals surface area contributed by atoms with E-state index >= 15 is 0 Å². The van der Waals surface area contributed by atoms with E-state index in [1.807, 2.05) is 0 Å². The van der Waals surface area contributed by atoms with Gasteiger partial charge in [0.05, 0.1) is 15.8 Å². The topological polar surface area (TPSA) is 107 Å². The molecule has 0 saturated carbocycles. The zero-order valence-corrected chi connectivity index (χ0v) is 10.4. The van der Waals surface area contributed by atoms with Gasteiger partial charge in [-0.1, -0.05) is 11.6 Å². The molecule has 0 unspecified atom stereocenters. The van der Waals surface area contributed by atoms with E-state index in [2.05, 4.69) is 10.1 Å². The highest BCUT2D eigenvalue weighted by Gasteiger charge is 2.14. The third-order valence-electron chi connectivity index (χ3n) is 1.83. The van der Waals surface area contributed by atoms with E-state index in [1.165, 1.54) is 0 Å². The van der Waals surface area contributed by atoms with Crippen molar-refractivity contribution in [1.29, 1.82) is 0 Å². The third-order valence-corrected chi connectivity index (χ3v) is 3.06. The molecule has 0 saturated heterocycles. The fourth-order valence-electron chi connectivity index (χ4n) is 1.07. The first-order valence-corrected chi connectivity index (χ1v) is 5.92. The molecular formula is C9H12ClN3O3S. The molecule has 0 aromatic carbocycles. The normalized spacial score (nSPS) is 11.9. The molecule has 1 aromatic heterocycles. The number of amides is 2. The Hall–Kier alpha value is -1.31. The van der Waals surface area contributed by atoms with Crippen molar-refractivity contribution in [3.05, 3.63) is 21.3 Å². The van der Waals surface area contributed by atoms with Gasteiger partial charge < -0.3 is 21.5 Å². The van der Waals surface area contributed by atoms with Gasteiger partial charge >= 0.3 is 6.09 Å². The van der Waals surface area contributed by atoms with Crippen molar-refractivity contribution in [1.82, 2.24) is 5.32 Å². The maximum absolute atomic E-state index is 11.6. The van der Waals surface area contributed by atoms with Crippen molar-refractivity contribution >= 4 is 34.9 Å². The van der Waals surface area contributed by atoms with Crippen LogP contribution in [0.15, 0.2) is 12.1 Å². The molecule has 0 aliphatic heterocycles. The van der Waals surface area contributed by atoms with E-state index in [0.29, 0.717) is 9.21 Å². The second-order valence-electron chi connectivity index (χ2n) is 3.11. The summed E-state index contributed by atoms with van der Waals surface area (Å²) in [6.07, 6.45) is -1.55. The van der Waals surface area contributed by atoms with Crippen LogP contribution in [0.25, 0.3) is 0 Å². The lowest BCUT2D eigenvalue weighted by molar-refractivity contribution is 0.0874. The maximum Gasteiger partial charge on any atom is 0.404 e. The van der Waals surface area contributed by atoms with E-state index in [4.69, 9.17) is 23.1 Å². The van der Waals surface area contributed by atoms with Crippen LogP contribution < -0.4 is 16.8 Å². The number of nitrogens with one attached hydrogen (secondary N) is 1. The van der Waals surface area contributed by atoms with Crippen molar-refractivity contribution in [3.63, 3.8) is 0 Å². The molecule has 5 N–H and O–H groups in total. The average Bonchev–Trinajstić information content (AvgIpc) is 2.70. The molecule has 0 radical (unpaired) electrons. The van der Waals surface area contributed by atoms with Crippen LogP contribution in [0.1, 0.15) is 9.67 Å². The minimum Gasteiger partial charge on any atom is -0.443 e. The molecule has 2 amide bonds.